The largest absolute Gasteiger partial charge is 0.381 e. The Kier molecular flexibility index (Phi) is 7.52. The van der Waals surface area contributed by atoms with Crippen LogP contribution >= 0.6 is 23.2 Å². The van der Waals surface area contributed by atoms with Crippen LogP contribution in [0.1, 0.15) is 25.3 Å². The second-order valence-electron chi connectivity index (χ2n) is 7.84. The van der Waals surface area contributed by atoms with E-state index in [2.05, 4.69) is 17.4 Å². The Bertz CT molecular complexity index is 1000. The fourth-order valence-corrected chi connectivity index (χ4v) is 5.67. The van der Waals surface area contributed by atoms with Gasteiger partial charge in [-0.15, -0.1) is 0 Å². The molecule has 2 aromatic rings. The van der Waals surface area contributed by atoms with E-state index in [0.29, 0.717) is 19.8 Å². The summed E-state index contributed by atoms with van der Waals surface area (Å²) in [5.41, 5.74) is 1.11. The number of hydrogen-bond donors (Lipinski definition) is 1. The Labute approximate surface area is 193 Å². The zero-order chi connectivity index (χ0) is 22.6. The summed E-state index contributed by atoms with van der Waals surface area (Å²) in [7, 11) is -3.77. The zero-order valence-electron chi connectivity index (χ0n) is 17.5. The lowest BCUT2D eigenvalue weighted by Crippen LogP contribution is -2.51. The zero-order valence-corrected chi connectivity index (χ0v) is 19.8. The minimum Gasteiger partial charge on any atom is -0.381 e. The lowest BCUT2D eigenvalue weighted by molar-refractivity contribution is -0.122. The highest BCUT2D eigenvalue weighted by Crippen LogP contribution is 2.34. The number of rotatable bonds is 7. The van der Waals surface area contributed by atoms with Crippen LogP contribution in [-0.2, 0) is 25.0 Å². The van der Waals surface area contributed by atoms with Crippen molar-refractivity contribution in [2.45, 2.75) is 31.2 Å². The van der Waals surface area contributed by atoms with Gasteiger partial charge in [0.25, 0.3) is 0 Å². The van der Waals surface area contributed by atoms with Crippen LogP contribution in [0.5, 0.6) is 0 Å². The standard InChI is InChI=1S/C22H26Cl2N2O4S/c1-16(26(31(2,28)29)20-13-18(23)12-19(24)14-20)21(27)25-15-22(8-10-30-11-9-22)17-6-4-3-5-7-17/h3-7,12-14,16H,8-11,15H2,1-2H3,(H,25,27)/t16-/m1/s1. The number of benzene rings is 2. The smallest absolute Gasteiger partial charge is 0.243 e. The van der Waals surface area contributed by atoms with Crippen molar-refractivity contribution in [1.29, 1.82) is 0 Å². The molecular formula is C22H26Cl2N2O4S. The molecule has 1 heterocycles. The van der Waals surface area contributed by atoms with Crippen molar-refractivity contribution in [2.24, 2.45) is 0 Å². The Morgan fingerprint density at radius 1 is 1.13 bits per heavy atom. The summed E-state index contributed by atoms with van der Waals surface area (Å²) in [6.45, 7) is 3.15. The van der Waals surface area contributed by atoms with E-state index >= 15 is 0 Å². The molecule has 0 aromatic heterocycles. The van der Waals surface area contributed by atoms with E-state index in [0.717, 1.165) is 29.0 Å². The van der Waals surface area contributed by atoms with E-state index in [4.69, 9.17) is 27.9 Å². The molecule has 0 bridgehead atoms. The van der Waals surface area contributed by atoms with Gasteiger partial charge in [-0.05, 0) is 43.5 Å². The van der Waals surface area contributed by atoms with Crippen molar-refractivity contribution in [3.05, 3.63) is 64.1 Å². The van der Waals surface area contributed by atoms with Gasteiger partial charge >= 0.3 is 0 Å². The number of carbonyl (C=O) groups is 1. The first kappa shape index (κ1) is 23.9. The third-order valence-corrected chi connectivity index (χ3v) is 7.31. The van der Waals surface area contributed by atoms with Crippen molar-refractivity contribution in [2.75, 3.05) is 30.3 Å². The average Bonchev–Trinajstić information content (AvgIpc) is 2.71. The van der Waals surface area contributed by atoms with E-state index in [9.17, 15) is 13.2 Å². The molecule has 1 N–H and O–H groups in total. The Hall–Kier alpha value is -1.80. The Balaban J connectivity index is 1.83. The van der Waals surface area contributed by atoms with Crippen molar-refractivity contribution < 1.29 is 17.9 Å². The van der Waals surface area contributed by atoms with Gasteiger partial charge in [0.05, 0.1) is 11.9 Å². The molecule has 1 saturated heterocycles. The molecule has 0 unspecified atom stereocenters. The highest BCUT2D eigenvalue weighted by atomic mass is 35.5. The third kappa shape index (κ3) is 5.71. The lowest BCUT2D eigenvalue weighted by atomic mass is 9.74. The highest BCUT2D eigenvalue weighted by Gasteiger charge is 2.36. The number of anilines is 1. The first-order valence-corrected chi connectivity index (χ1v) is 12.6. The predicted octanol–water partition coefficient (Wildman–Crippen LogP) is 4.01. The van der Waals surface area contributed by atoms with Crippen LogP contribution < -0.4 is 9.62 Å². The summed E-state index contributed by atoms with van der Waals surface area (Å²) >= 11 is 12.1. The summed E-state index contributed by atoms with van der Waals surface area (Å²) in [5.74, 6) is -0.400. The molecule has 3 rings (SSSR count). The highest BCUT2D eigenvalue weighted by molar-refractivity contribution is 7.92. The molecule has 0 radical (unpaired) electrons. The van der Waals surface area contributed by atoms with Gasteiger partial charge in [-0.25, -0.2) is 8.42 Å². The number of carbonyl (C=O) groups excluding carboxylic acids is 1. The van der Waals surface area contributed by atoms with Crippen LogP contribution in [0, 0.1) is 0 Å². The molecule has 1 atom stereocenters. The van der Waals surface area contributed by atoms with Gasteiger partial charge in [0, 0.05) is 35.2 Å². The van der Waals surface area contributed by atoms with Gasteiger partial charge in [-0.3, -0.25) is 9.10 Å². The van der Waals surface area contributed by atoms with Gasteiger partial charge in [0.1, 0.15) is 6.04 Å². The summed E-state index contributed by atoms with van der Waals surface area (Å²) in [6.07, 6.45) is 2.59. The Morgan fingerprint density at radius 3 is 2.26 bits per heavy atom. The minimum absolute atomic E-state index is 0.242. The van der Waals surface area contributed by atoms with Gasteiger partial charge in [0.2, 0.25) is 15.9 Å². The van der Waals surface area contributed by atoms with Crippen molar-refractivity contribution in [3.63, 3.8) is 0 Å². The molecule has 2 aromatic carbocycles. The summed E-state index contributed by atoms with van der Waals surface area (Å²) in [5, 5.41) is 3.55. The quantitative estimate of drug-likeness (QED) is 0.643. The second-order valence-corrected chi connectivity index (χ2v) is 10.6. The van der Waals surface area contributed by atoms with E-state index in [1.807, 2.05) is 18.2 Å². The first-order chi connectivity index (χ1) is 14.6. The molecule has 1 amide bonds. The van der Waals surface area contributed by atoms with Gasteiger partial charge < -0.3 is 10.1 Å². The molecule has 1 aliphatic rings. The molecule has 6 nitrogen and oxygen atoms in total. The number of nitrogens with zero attached hydrogens (tertiary/aromatic N) is 1. The Morgan fingerprint density at radius 2 is 1.71 bits per heavy atom. The molecule has 1 fully saturated rings. The van der Waals surface area contributed by atoms with Crippen LogP contribution in [0.15, 0.2) is 48.5 Å². The normalized spacial score (nSPS) is 17.0. The second kappa shape index (κ2) is 9.77. The number of nitrogens with one attached hydrogen (secondary N) is 1. The van der Waals surface area contributed by atoms with Crippen LogP contribution in [0.3, 0.4) is 0 Å². The molecule has 1 aliphatic heterocycles. The fraction of sp³-hybridized carbons (Fsp3) is 0.409. The van der Waals surface area contributed by atoms with Crippen molar-refractivity contribution in [3.8, 4) is 0 Å². The number of amides is 1. The van der Waals surface area contributed by atoms with Crippen molar-refractivity contribution >= 4 is 44.8 Å². The first-order valence-electron chi connectivity index (χ1n) is 9.99. The lowest BCUT2D eigenvalue weighted by Gasteiger charge is -2.38. The minimum atomic E-state index is -3.77. The predicted molar refractivity (Wildman–Crippen MR) is 124 cm³/mol. The van der Waals surface area contributed by atoms with Gasteiger partial charge in [-0.2, -0.15) is 0 Å². The van der Waals surface area contributed by atoms with Crippen LogP contribution in [0.4, 0.5) is 5.69 Å². The molecular weight excluding hydrogens is 459 g/mol. The maximum atomic E-state index is 13.1. The van der Waals surface area contributed by atoms with Crippen LogP contribution in [-0.4, -0.2) is 46.4 Å². The van der Waals surface area contributed by atoms with E-state index in [1.165, 1.54) is 18.2 Å². The summed E-state index contributed by atoms with van der Waals surface area (Å²) < 4.78 is 31.6. The van der Waals surface area contributed by atoms with E-state index in [1.54, 1.807) is 6.92 Å². The topological polar surface area (TPSA) is 75.7 Å². The monoisotopic (exact) mass is 484 g/mol. The summed E-state index contributed by atoms with van der Waals surface area (Å²) in [6, 6.07) is 13.5. The number of ether oxygens (including phenoxy) is 1. The van der Waals surface area contributed by atoms with Gasteiger partial charge in [0.15, 0.2) is 0 Å². The molecule has 9 heteroatoms. The third-order valence-electron chi connectivity index (χ3n) is 5.63. The van der Waals surface area contributed by atoms with Gasteiger partial charge in [-0.1, -0.05) is 53.5 Å². The number of halogens is 2. The number of hydrogen-bond acceptors (Lipinski definition) is 4. The average molecular weight is 485 g/mol. The summed E-state index contributed by atoms with van der Waals surface area (Å²) in [4.78, 5) is 13.1. The SMILES string of the molecule is C[C@H](C(=O)NCC1(c2ccccc2)CCOCC1)N(c1cc(Cl)cc(Cl)c1)S(C)(=O)=O. The molecule has 168 valence electrons. The van der Waals surface area contributed by atoms with Crippen LogP contribution in [0.2, 0.25) is 10.0 Å². The van der Waals surface area contributed by atoms with Crippen LogP contribution in [0.25, 0.3) is 0 Å². The van der Waals surface area contributed by atoms with Crippen molar-refractivity contribution in [1.82, 2.24) is 5.32 Å². The maximum Gasteiger partial charge on any atom is 0.243 e. The molecule has 0 aliphatic carbocycles. The molecule has 0 spiro atoms. The van der Waals surface area contributed by atoms with E-state index in [-0.39, 0.29) is 21.1 Å². The molecule has 0 saturated carbocycles. The maximum absolute atomic E-state index is 13.1. The molecule has 31 heavy (non-hydrogen) atoms. The van der Waals surface area contributed by atoms with E-state index < -0.39 is 22.0 Å². The fourth-order valence-electron chi connectivity index (χ4n) is 4.00. The number of sulfonamides is 1.